The molecule has 2 aromatic carbocycles. The molecule has 0 saturated carbocycles. The highest BCUT2D eigenvalue weighted by Gasteiger charge is 2.12. The van der Waals surface area contributed by atoms with E-state index in [9.17, 15) is 0 Å². The summed E-state index contributed by atoms with van der Waals surface area (Å²) in [5.41, 5.74) is 1.44. The Morgan fingerprint density at radius 2 is 1.23 bits per heavy atom. The molecule has 108 valence electrons. The maximum Gasteiger partial charge on any atom is 0.0362 e. The molecule has 0 atom stereocenters. The molecular weight excluding hydrogens is 324 g/mol. The van der Waals surface area contributed by atoms with Gasteiger partial charge in [0.1, 0.15) is 0 Å². The highest BCUT2D eigenvalue weighted by atomic mass is 32.1. The van der Waals surface area contributed by atoms with Crippen molar-refractivity contribution in [3.8, 4) is 0 Å². The Balaban J connectivity index is 1.97. The van der Waals surface area contributed by atoms with Gasteiger partial charge in [-0.3, -0.25) is 0 Å². The first-order valence-corrected chi connectivity index (χ1v) is 9.81. The van der Waals surface area contributed by atoms with Gasteiger partial charge in [0, 0.05) is 39.3 Å². The number of hydrogen-bond acceptors (Lipinski definition) is 3. The number of benzene rings is 2. The Morgan fingerprint density at radius 3 is 2.05 bits per heavy atom. The topological polar surface area (TPSA) is 0 Å². The zero-order valence-corrected chi connectivity index (χ0v) is 15.1. The summed E-state index contributed by atoms with van der Waals surface area (Å²) in [4.78, 5) is 2.83. The SMILES string of the molecule is Cc1cc2cc3sc4cc5c(C)c(C)sc5cc4c3cc2s1. The molecule has 0 unspecified atom stereocenters. The molecule has 0 N–H and O–H groups in total. The minimum atomic E-state index is 1.38. The third-order valence-electron chi connectivity index (χ3n) is 4.53. The molecule has 3 heteroatoms. The van der Waals surface area contributed by atoms with Crippen molar-refractivity contribution in [3.63, 3.8) is 0 Å². The van der Waals surface area contributed by atoms with Crippen molar-refractivity contribution < 1.29 is 0 Å². The summed E-state index contributed by atoms with van der Waals surface area (Å²) in [6.07, 6.45) is 0. The van der Waals surface area contributed by atoms with Crippen molar-refractivity contribution in [2.45, 2.75) is 20.8 Å². The molecule has 0 aliphatic carbocycles. The van der Waals surface area contributed by atoms with Crippen LogP contribution in [0.5, 0.6) is 0 Å². The maximum atomic E-state index is 2.40. The molecular formula is C19H14S3. The number of fused-ring (bicyclic) bond motifs is 5. The molecule has 3 heterocycles. The zero-order chi connectivity index (χ0) is 15.0. The molecule has 0 saturated heterocycles. The van der Waals surface area contributed by atoms with Crippen LogP contribution in [0.4, 0.5) is 0 Å². The Bertz CT molecular complexity index is 1200. The Morgan fingerprint density at radius 1 is 0.591 bits per heavy atom. The Hall–Kier alpha value is -1.42. The van der Waals surface area contributed by atoms with Crippen LogP contribution in [0.1, 0.15) is 15.3 Å². The predicted molar refractivity (Wildman–Crippen MR) is 104 cm³/mol. The Labute approximate surface area is 140 Å². The van der Waals surface area contributed by atoms with Crippen LogP contribution in [0.25, 0.3) is 40.3 Å². The van der Waals surface area contributed by atoms with E-state index in [1.807, 2.05) is 34.0 Å². The second kappa shape index (κ2) is 4.31. The predicted octanol–water partition coefficient (Wildman–Crippen LogP) is 7.41. The van der Waals surface area contributed by atoms with Crippen LogP contribution in [-0.4, -0.2) is 0 Å². The van der Waals surface area contributed by atoms with Crippen molar-refractivity contribution in [2.24, 2.45) is 0 Å². The molecule has 3 aromatic heterocycles. The van der Waals surface area contributed by atoms with Crippen LogP contribution in [-0.2, 0) is 0 Å². The summed E-state index contributed by atoms with van der Waals surface area (Å²) in [6.45, 7) is 6.66. The lowest BCUT2D eigenvalue weighted by atomic mass is 10.1. The van der Waals surface area contributed by atoms with Gasteiger partial charge in [-0.15, -0.1) is 34.0 Å². The van der Waals surface area contributed by atoms with Crippen LogP contribution >= 0.6 is 34.0 Å². The summed E-state index contributed by atoms with van der Waals surface area (Å²) in [5, 5.41) is 5.65. The van der Waals surface area contributed by atoms with Gasteiger partial charge >= 0.3 is 0 Å². The molecule has 22 heavy (non-hydrogen) atoms. The summed E-state index contributed by atoms with van der Waals surface area (Å²) in [7, 11) is 0. The first kappa shape index (κ1) is 13.1. The fraction of sp³-hybridized carbons (Fsp3) is 0.158. The maximum absolute atomic E-state index is 2.40. The average Bonchev–Trinajstić information content (AvgIpc) is 3.09. The third kappa shape index (κ3) is 1.67. The normalized spacial score (nSPS) is 12.3. The molecule has 5 aromatic rings. The monoisotopic (exact) mass is 338 g/mol. The van der Waals surface area contributed by atoms with Gasteiger partial charge in [0.25, 0.3) is 0 Å². The number of aryl methyl sites for hydroxylation is 3. The standard InChI is InChI=1S/C19H14S3/c1-9-4-12-5-17-14(7-16(12)20-9)15-8-18-13(6-19(15)22-17)10(2)11(3)21-18/h4-8H,1-3H3. The molecule has 0 aliphatic rings. The van der Waals surface area contributed by atoms with Gasteiger partial charge in [0.2, 0.25) is 0 Å². The van der Waals surface area contributed by atoms with Gasteiger partial charge in [-0.1, -0.05) is 0 Å². The molecule has 5 rings (SSSR count). The lowest BCUT2D eigenvalue weighted by Gasteiger charge is -1.95. The fourth-order valence-electron chi connectivity index (χ4n) is 3.28. The summed E-state index contributed by atoms with van der Waals surface area (Å²) >= 11 is 5.74. The van der Waals surface area contributed by atoms with Gasteiger partial charge in [-0.2, -0.15) is 0 Å². The van der Waals surface area contributed by atoms with E-state index >= 15 is 0 Å². The summed E-state index contributed by atoms with van der Waals surface area (Å²) < 4.78 is 5.65. The van der Waals surface area contributed by atoms with Gasteiger partial charge in [0.15, 0.2) is 0 Å². The molecule has 0 bridgehead atoms. The van der Waals surface area contributed by atoms with Crippen molar-refractivity contribution >= 4 is 74.4 Å². The average molecular weight is 339 g/mol. The minimum Gasteiger partial charge on any atom is -0.141 e. The van der Waals surface area contributed by atoms with Gasteiger partial charge in [0.05, 0.1) is 0 Å². The zero-order valence-electron chi connectivity index (χ0n) is 12.6. The largest absolute Gasteiger partial charge is 0.141 e. The molecule has 0 fully saturated rings. The van der Waals surface area contributed by atoms with Crippen molar-refractivity contribution in [1.29, 1.82) is 0 Å². The summed E-state index contributed by atoms with van der Waals surface area (Å²) in [6, 6.07) is 11.9. The van der Waals surface area contributed by atoms with E-state index in [2.05, 4.69) is 51.1 Å². The molecule has 0 amide bonds. The van der Waals surface area contributed by atoms with Crippen LogP contribution in [0, 0.1) is 20.8 Å². The highest BCUT2D eigenvalue weighted by molar-refractivity contribution is 7.26. The van der Waals surface area contributed by atoms with Gasteiger partial charge in [-0.05, 0) is 67.4 Å². The van der Waals surface area contributed by atoms with Gasteiger partial charge < -0.3 is 0 Å². The van der Waals surface area contributed by atoms with E-state index in [4.69, 9.17) is 0 Å². The van der Waals surface area contributed by atoms with Crippen LogP contribution in [0.15, 0.2) is 30.3 Å². The van der Waals surface area contributed by atoms with E-state index < -0.39 is 0 Å². The second-order valence-electron chi connectivity index (χ2n) is 5.97. The second-order valence-corrected chi connectivity index (χ2v) is 9.60. The van der Waals surface area contributed by atoms with Crippen LogP contribution < -0.4 is 0 Å². The lowest BCUT2D eigenvalue weighted by Crippen LogP contribution is -1.71. The van der Waals surface area contributed by atoms with Gasteiger partial charge in [-0.25, -0.2) is 0 Å². The highest BCUT2D eigenvalue weighted by Crippen LogP contribution is 2.42. The molecule has 0 spiro atoms. The van der Waals surface area contributed by atoms with E-state index in [1.165, 1.54) is 55.7 Å². The molecule has 0 nitrogen and oxygen atoms in total. The molecule has 0 aliphatic heterocycles. The lowest BCUT2D eigenvalue weighted by molar-refractivity contribution is 1.47. The summed E-state index contributed by atoms with van der Waals surface area (Å²) in [5.74, 6) is 0. The quantitative estimate of drug-likeness (QED) is 0.276. The molecule has 0 radical (unpaired) electrons. The Kier molecular flexibility index (Phi) is 2.56. The van der Waals surface area contributed by atoms with Crippen molar-refractivity contribution in [2.75, 3.05) is 0 Å². The van der Waals surface area contributed by atoms with Crippen molar-refractivity contribution in [1.82, 2.24) is 0 Å². The first-order chi connectivity index (χ1) is 10.6. The smallest absolute Gasteiger partial charge is 0.0362 e. The van der Waals surface area contributed by atoms with Crippen LogP contribution in [0.2, 0.25) is 0 Å². The number of rotatable bonds is 0. The van der Waals surface area contributed by atoms with Crippen LogP contribution in [0.3, 0.4) is 0 Å². The number of hydrogen-bond donors (Lipinski definition) is 0. The van der Waals surface area contributed by atoms with E-state index in [0.717, 1.165) is 0 Å². The van der Waals surface area contributed by atoms with Crippen molar-refractivity contribution in [3.05, 3.63) is 45.6 Å². The third-order valence-corrected chi connectivity index (χ3v) is 7.83. The fourth-order valence-corrected chi connectivity index (χ4v) is 6.47. The van der Waals surface area contributed by atoms with E-state index in [1.54, 1.807) is 0 Å². The minimum absolute atomic E-state index is 1.38. The van der Waals surface area contributed by atoms with E-state index in [0.29, 0.717) is 0 Å². The van der Waals surface area contributed by atoms with E-state index in [-0.39, 0.29) is 0 Å². The number of thiophene rings is 3. The first-order valence-electron chi connectivity index (χ1n) is 7.36.